The Morgan fingerprint density at radius 2 is 2.10 bits per heavy atom. The van der Waals surface area contributed by atoms with Crippen molar-refractivity contribution in [1.29, 1.82) is 0 Å². The molecular weight excluding hydrogens is 404 g/mol. The van der Waals surface area contributed by atoms with Crippen LogP contribution in [0.25, 0.3) is 16.3 Å². The summed E-state index contributed by atoms with van der Waals surface area (Å²) in [6.45, 7) is 3.49. The van der Waals surface area contributed by atoms with Gasteiger partial charge in [-0.2, -0.15) is 4.80 Å². The molecule has 5 rings (SSSR count). The molecule has 1 saturated heterocycles. The van der Waals surface area contributed by atoms with Gasteiger partial charge in [0.05, 0.1) is 11.1 Å². The first-order valence-electron chi connectivity index (χ1n) is 9.70. The molecule has 0 amide bonds. The van der Waals surface area contributed by atoms with Crippen LogP contribution in [0.3, 0.4) is 0 Å². The first kappa shape index (κ1) is 18.7. The number of rotatable bonds is 4. The molecule has 0 aliphatic carbocycles. The fourth-order valence-electron chi connectivity index (χ4n) is 3.97. The molecule has 2 aliphatic heterocycles. The standard InChI is InChI=1S/C20H20N6O3S/c1-13-10-20(29-15-5-3-2-4-14(13)15)6-8-25(9-7-20)19-21-11-16(30-19)18-22-24-26(23-18)12-17(27)28/h2-5,10-11H,6-9,12H2,1H3,(H,27,28). The molecule has 1 N–H and O–H groups in total. The summed E-state index contributed by atoms with van der Waals surface area (Å²) in [5.74, 6) is 0.334. The zero-order valence-corrected chi connectivity index (χ0v) is 17.2. The number of hydrogen-bond acceptors (Lipinski definition) is 8. The number of anilines is 1. The predicted octanol–water partition coefficient (Wildman–Crippen LogP) is 2.72. The maximum atomic E-state index is 10.8. The Labute approximate surface area is 176 Å². The number of benzene rings is 1. The van der Waals surface area contributed by atoms with Crippen LogP contribution in [0.15, 0.2) is 36.5 Å². The van der Waals surface area contributed by atoms with Gasteiger partial charge >= 0.3 is 5.97 Å². The summed E-state index contributed by atoms with van der Waals surface area (Å²) in [5, 5.41) is 21.6. The molecule has 9 nitrogen and oxygen atoms in total. The number of thiazole rings is 1. The maximum absolute atomic E-state index is 10.8. The monoisotopic (exact) mass is 424 g/mol. The molecule has 1 spiro atoms. The van der Waals surface area contributed by atoms with Crippen LogP contribution in [-0.2, 0) is 11.3 Å². The highest BCUT2D eigenvalue weighted by molar-refractivity contribution is 7.18. The molecule has 0 bridgehead atoms. The number of aliphatic carboxylic acids is 1. The predicted molar refractivity (Wildman–Crippen MR) is 111 cm³/mol. The van der Waals surface area contributed by atoms with Gasteiger partial charge in [0, 0.05) is 31.5 Å². The van der Waals surface area contributed by atoms with Crippen molar-refractivity contribution < 1.29 is 14.6 Å². The van der Waals surface area contributed by atoms with Gasteiger partial charge in [0.2, 0.25) is 5.82 Å². The Morgan fingerprint density at radius 3 is 2.90 bits per heavy atom. The third-order valence-corrected chi connectivity index (χ3v) is 6.48. The van der Waals surface area contributed by atoms with Crippen LogP contribution in [0.4, 0.5) is 5.13 Å². The zero-order chi connectivity index (χ0) is 20.7. The van der Waals surface area contributed by atoms with Crippen molar-refractivity contribution in [2.75, 3.05) is 18.0 Å². The van der Waals surface area contributed by atoms with Gasteiger partial charge in [-0.15, -0.1) is 10.2 Å². The second kappa shape index (κ2) is 7.21. The number of nitrogens with zero attached hydrogens (tertiary/aromatic N) is 6. The van der Waals surface area contributed by atoms with Gasteiger partial charge < -0.3 is 14.7 Å². The molecule has 10 heteroatoms. The van der Waals surface area contributed by atoms with E-state index in [4.69, 9.17) is 9.84 Å². The highest BCUT2D eigenvalue weighted by Gasteiger charge is 2.38. The van der Waals surface area contributed by atoms with E-state index in [1.54, 1.807) is 6.20 Å². The van der Waals surface area contributed by atoms with Crippen molar-refractivity contribution >= 4 is 28.0 Å². The van der Waals surface area contributed by atoms with Gasteiger partial charge in [-0.25, -0.2) is 4.98 Å². The van der Waals surface area contributed by atoms with Gasteiger partial charge in [0.25, 0.3) is 0 Å². The third-order valence-electron chi connectivity index (χ3n) is 5.43. The second-order valence-corrected chi connectivity index (χ2v) is 8.53. The van der Waals surface area contributed by atoms with Gasteiger partial charge in [-0.3, -0.25) is 4.79 Å². The van der Waals surface area contributed by atoms with E-state index < -0.39 is 5.97 Å². The summed E-state index contributed by atoms with van der Waals surface area (Å²) < 4.78 is 6.42. The normalized spacial score (nSPS) is 17.4. The van der Waals surface area contributed by atoms with Crippen LogP contribution in [0.2, 0.25) is 0 Å². The number of carboxylic acids is 1. The molecule has 154 valence electrons. The van der Waals surface area contributed by atoms with E-state index in [0.717, 1.165) is 46.5 Å². The van der Waals surface area contributed by atoms with Gasteiger partial charge in [0.1, 0.15) is 11.4 Å². The largest absolute Gasteiger partial charge is 0.482 e. The van der Waals surface area contributed by atoms with E-state index in [1.165, 1.54) is 22.5 Å². The van der Waals surface area contributed by atoms with Crippen LogP contribution in [0.5, 0.6) is 5.75 Å². The molecule has 2 aliphatic rings. The smallest absolute Gasteiger partial charge is 0.327 e. The minimum absolute atomic E-state index is 0.268. The van der Waals surface area contributed by atoms with Crippen molar-refractivity contribution in [2.24, 2.45) is 0 Å². The number of carbonyl (C=O) groups is 1. The number of piperidine rings is 1. The Bertz CT molecular complexity index is 1130. The lowest BCUT2D eigenvalue weighted by atomic mass is 9.85. The number of carboxylic acid groups (broad SMARTS) is 1. The minimum Gasteiger partial charge on any atom is -0.482 e. The number of fused-ring (bicyclic) bond motifs is 1. The van der Waals surface area contributed by atoms with Crippen LogP contribution in [0, 0.1) is 0 Å². The lowest BCUT2D eigenvalue weighted by Gasteiger charge is -2.42. The summed E-state index contributed by atoms with van der Waals surface area (Å²) in [5.41, 5.74) is 2.16. The third kappa shape index (κ3) is 3.43. The quantitative estimate of drug-likeness (QED) is 0.681. The zero-order valence-electron chi connectivity index (χ0n) is 16.4. The van der Waals surface area contributed by atoms with E-state index in [1.807, 2.05) is 18.2 Å². The highest BCUT2D eigenvalue weighted by atomic mass is 32.1. The first-order chi connectivity index (χ1) is 14.5. The number of aromatic nitrogens is 5. The number of tetrazole rings is 1. The van der Waals surface area contributed by atoms with Crippen molar-refractivity contribution in [3.63, 3.8) is 0 Å². The average molecular weight is 424 g/mol. The van der Waals surface area contributed by atoms with E-state index in [0.29, 0.717) is 5.82 Å². The summed E-state index contributed by atoms with van der Waals surface area (Å²) in [4.78, 5) is 19.4. The number of hydrogen-bond donors (Lipinski definition) is 1. The van der Waals surface area contributed by atoms with Gasteiger partial charge in [-0.1, -0.05) is 29.5 Å². The first-order valence-corrected chi connectivity index (χ1v) is 10.5. The fraction of sp³-hybridized carbons (Fsp3) is 0.350. The van der Waals surface area contributed by atoms with E-state index in [2.05, 4.69) is 44.4 Å². The van der Waals surface area contributed by atoms with Crippen LogP contribution < -0.4 is 9.64 Å². The molecule has 30 heavy (non-hydrogen) atoms. The number of ether oxygens (including phenoxy) is 1. The molecule has 3 aromatic rings. The number of para-hydroxylation sites is 1. The molecule has 0 saturated carbocycles. The lowest BCUT2D eigenvalue weighted by Crippen LogP contribution is -2.48. The summed E-state index contributed by atoms with van der Waals surface area (Å²) in [6, 6.07) is 8.19. The SMILES string of the molecule is CC1=CC2(CCN(c3ncc(-c4nnn(CC(=O)O)n4)s3)CC2)Oc2ccccc21. The summed E-state index contributed by atoms with van der Waals surface area (Å²) in [7, 11) is 0. The Kier molecular flexibility index (Phi) is 4.50. The molecule has 1 fully saturated rings. The lowest BCUT2D eigenvalue weighted by molar-refractivity contribution is -0.138. The minimum atomic E-state index is -1.01. The van der Waals surface area contributed by atoms with Crippen LogP contribution in [0.1, 0.15) is 25.3 Å². The van der Waals surface area contributed by atoms with E-state index in [-0.39, 0.29) is 12.1 Å². The summed E-state index contributed by atoms with van der Waals surface area (Å²) >= 11 is 1.48. The van der Waals surface area contributed by atoms with Crippen LogP contribution >= 0.6 is 11.3 Å². The number of allylic oxidation sites excluding steroid dienone is 1. The van der Waals surface area contributed by atoms with E-state index >= 15 is 0 Å². The molecule has 2 aromatic heterocycles. The maximum Gasteiger partial charge on any atom is 0.327 e. The Balaban J connectivity index is 1.28. The molecule has 0 radical (unpaired) electrons. The summed E-state index contributed by atoms with van der Waals surface area (Å²) in [6.07, 6.45) is 5.73. The molecule has 4 heterocycles. The molecule has 0 unspecified atom stereocenters. The molecule has 1 aromatic carbocycles. The van der Waals surface area contributed by atoms with Gasteiger partial charge in [0.15, 0.2) is 11.7 Å². The molecule has 0 atom stereocenters. The van der Waals surface area contributed by atoms with Crippen molar-refractivity contribution in [2.45, 2.75) is 31.9 Å². The topological polar surface area (TPSA) is 106 Å². The van der Waals surface area contributed by atoms with Crippen LogP contribution in [-0.4, -0.2) is 55.0 Å². The van der Waals surface area contributed by atoms with Crippen molar-refractivity contribution in [3.05, 3.63) is 42.1 Å². The Morgan fingerprint density at radius 1 is 1.30 bits per heavy atom. The second-order valence-electron chi connectivity index (χ2n) is 7.52. The van der Waals surface area contributed by atoms with Crippen molar-refractivity contribution in [3.8, 4) is 16.5 Å². The molecular formula is C20H20N6O3S. The van der Waals surface area contributed by atoms with E-state index in [9.17, 15) is 4.79 Å². The Hall–Kier alpha value is -3.27. The fourth-order valence-corrected chi connectivity index (χ4v) is 4.86. The highest BCUT2D eigenvalue weighted by Crippen LogP contribution is 2.41. The van der Waals surface area contributed by atoms with Gasteiger partial charge in [-0.05, 0) is 29.9 Å². The van der Waals surface area contributed by atoms with Crippen molar-refractivity contribution in [1.82, 2.24) is 25.2 Å². The average Bonchev–Trinajstić information content (AvgIpc) is 3.38.